The summed E-state index contributed by atoms with van der Waals surface area (Å²) in [6.07, 6.45) is 0. The van der Waals surface area contributed by atoms with E-state index in [0.717, 1.165) is 39.3 Å². The second-order valence-electron chi connectivity index (χ2n) is 7.02. The minimum Gasteiger partial charge on any atom is -0.454 e. The third kappa shape index (κ3) is 2.65. The summed E-state index contributed by atoms with van der Waals surface area (Å²) in [4.78, 5) is 4.70. The van der Waals surface area contributed by atoms with Gasteiger partial charge in [0.15, 0.2) is 17.1 Å². The number of aromatic nitrogens is 1. The number of benzene rings is 3. The molecule has 0 bridgehead atoms. The van der Waals surface area contributed by atoms with Crippen molar-refractivity contribution in [1.29, 1.82) is 0 Å². The van der Waals surface area contributed by atoms with Crippen LogP contribution in [0.2, 0.25) is 0 Å². The molecule has 5 rings (SSSR count). The Morgan fingerprint density at radius 2 is 1.48 bits per heavy atom. The molecule has 4 aromatic rings. The van der Waals surface area contributed by atoms with Gasteiger partial charge >= 0.3 is 0 Å². The van der Waals surface area contributed by atoms with Gasteiger partial charge in [-0.05, 0) is 78.9 Å². The topological polar surface area (TPSA) is 44.5 Å². The molecule has 0 atom stereocenters. The average molecular weight is 357 g/mol. The minimum absolute atomic E-state index is 0.276. The first-order chi connectivity index (χ1) is 13.1. The monoisotopic (exact) mass is 357 g/mol. The fourth-order valence-electron chi connectivity index (χ4n) is 3.49. The molecular formula is C23H19NO3. The van der Waals surface area contributed by atoms with E-state index in [9.17, 15) is 0 Å². The number of aryl methyl sites for hydroxylation is 3. The average Bonchev–Trinajstić information content (AvgIpc) is 3.29. The van der Waals surface area contributed by atoms with Gasteiger partial charge in [0, 0.05) is 5.56 Å². The summed E-state index contributed by atoms with van der Waals surface area (Å²) < 4.78 is 17.0. The Hall–Kier alpha value is -3.27. The van der Waals surface area contributed by atoms with Gasteiger partial charge in [0.25, 0.3) is 0 Å². The van der Waals surface area contributed by atoms with Crippen LogP contribution in [0.1, 0.15) is 16.7 Å². The van der Waals surface area contributed by atoms with Crippen molar-refractivity contribution in [3.05, 3.63) is 65.2 Å². The second kappa shape index (κ2) is 5.88. The fraction of sp³-hybridized carbons (Fsp3) is 0.174. The maximum Gasteiger partial charge on any atom is 0.231 e. The highest BCUT2D eigenvalue weighted by atomic mass is 16.7. The van der Waals surface area contributed by atoms with Crippen LogP contribution in [0.3, 0.4) is 0 Å². The van der Waals surface area contributed by atoms with Gasteiger partial charge in [0.05, 0.1) is 0 Å². The molecule has 1 aliphatic heterocycles. The van der Waals surface area contributed by atoms with Gasteiger partial charge in [0.2, 0.25) is 12.7 Å². The third-order valence-corrected chi connectivity index (χ3v) is 5.17. The van der Waals surface area contributed by atoms with E-state index in [1.165, 1.54) is 16.7 Å². The molecule has 0 spiro atoms. The Morgan fingerprint density at radius 3 is 2.37 bits per heavy atom. The first-order valence-corrected chi connectivity index (χ1v) is 8.97. The Labute approximate surface area is 157 Å². The number of fused-ring (bicyclic) bond motifs is 2. The summed E-state index contributed by atoms with van der Waals surface area (Å²) >= 11 is 0. The lowest BCUT2D eigenvalue weighted by molar-refractivity contribution is 0.174. The molecule has 4 nitrogen and oxygen atoms in total. The molecule has 0 aliphatic carbocycles. The van der Waals surface area contributed by atoms with Gasteiger partial charge in [-0.1, -0.05) is 18.2 Å². The maximum atomic E-state index is 6.12. The fourth-order valence-corrected chi connectivity index (χ4v) is 3.49. The van der Waals surface area contributed by atoms with Gasteiger partial charge in [-0.15, -0.1) is 0 Å². The number of hydrogen-bond acceptors (Lipinski definition) is 4. The van der Waals surface area contributed by atoms with Crippen molar-refractivity contribution in [2.75, 3.05) is 6.79 Å². The Morgan fingerprint density at radius 1 is 0.741 bits per heavy atom. The lowest BCUT2D eigenvalue weighted by atomic mass is 10.0. The van der Waals surface area contributed by atoms with Crippen molar-refractivity contribution in [1.82, 2.24) is 4.98 Å². The third-order valence-electron chi connectivity index (χ3n) is 5.17. The van der Waals surface area contributed by atoms with Crippen LogP contribution in [-0.4, -0.2) is 11.8 Å². The van der Waals surface area contributed by atoms with Crippen molar-refractivity contribution in [3.8, 4) is 34.1 Å². The van der Waals surface area contributed by atoms with E-state index in [1.54, 1.807) is 0 Å². The molecule has 0 amide bonds. The highest BCUT2D eigenvalue weighted by Gasteiger charge is 2.16. The molecule has 1 aromatic heterocycles. The van der Waals surface area contributed by atoms with E-state index in [2.05, 4.69) is 39.0 Å². The summed E-state index contributed by atoms with van der Waals surface area (Å²) in [6.45, 7) is 6.60. The van der Waals surface area contributed by atoms with E-state index in [4.69, 9.17) is 18.9 Å². The molecule has 1 aliphatic rings. The molecule has 0 saturated carbocycles. The molecule has 0 unspecified atom stereocenters. The number of oxazole rings is 1. The predicted octanol–water partition coefficient (Wildman–Crippen LogP) is 5.82. The number of rotatable bonds is 2. The van der Waals surface area contributed by atoms with Gasteiger partial charge in [-0.25, -0.2) is 4.98 Å². The molecule has 2 heterocycles. The van der Waals surface area contributed by atoms with Gasteiger partial charge in [-0.2, -0.15) is 0 Å². The molecule has 27 heavy (non-hydrogen) atoms. The van der Waals surface area contributed by atoms with E-state index in [0.29, 0.717) is 5.89 Å². The SMILES string of the molecule is Cc1cc(C)c(-c2nc3ccc(-c4ccc5c(c4)OCO5)cc3o2)cc1C. The minimum atomic E-state index is 0.276. The molecule has 0 fully saturated rings. The van der Waals surface area contributed by atoms with Crippen molar-refractivity contribution in [2.45, 2.75) is 20.8 Å². The summed E-state index contributed by atoms with van der Waals surface area (Å²) in [5, 5.41) is 0. The Balaban J connectivity index is 1.59. The highest BCUT2D eigenvalue weighted by Crippen LogP contribution is 2.37. The zero-order valence-electron chi connectivity index (χ0n) is 15.5. The van der Waals surface area contributed by atoms with Crippen LogP contribution in [0.5, 0.6) is 11.5 Å². The van der Waals surface area contributed by atoms with Gasteiger partial charge < -0.3 is 13.9 Å². The van der Waals surface area contributed by atoms with Crippen molar-refractivity contribution >= 4 is 11.1 Å². The van der Waals surface area contributed by atoms with Crippen LogP contribution >= 0.6 is 0 Å². The lowest BCUT2D eigenvalue weighted by Gasteiger charge is -2.06. The van der Waals surface area contributed by atoms with Gasteiger partial charge in [0.1, 0.15) is 5.52 Å². The smallest absolute Gasteiger partial charge is 0.231 e. The van der Waals surface area contributed by atoms with Crippen molar-refractivity contribution < 1.29 is 13.9 Å². The van der Waals surface area contributed by atoms with E-state index in [-0.39, 0.29) is 6.79 Å². The van der Waals surface area contributed by atoms with E-state index >= 15 is 0 Å². The summed E-state index contributed by atoms with van der Waals surface area (Å²) in [5.41, 5.74) is 8.46. The van der Waals surface area contributed by atoms with E-state index < -0.39 is 0 Å². The van der Waals surface area contributed by atoms with Gasteiger partial charge in [-0.3, -0.25) is 0 Å². The van der Waals surface area contributed by atoms with Crippen LogP contribution in [0.15, 0.2) is 52.9 Å². The Bertz CT molecular complexity index is 1190. The maximum absolute atomic E-state index is 6.12. The molecule has 4 heteroatoms. The summed E-state index contributed by atoms with van der Waals surface area (Å²) in [7, 11) is 0. The lowest BCUT2D eigenvalue weighted by Crippen LogP contribution is -1.92. The zero-order valence-corrected chi connectivity index (χ0v) is 15.5. The molecular weight excluding hydrogens is 338 g/mol. The number of nitrogens with zero attached hydrogens (tertiary/aromatic N) is 1. The quantitative estimate of drug-likeness (QED) is 0.454. The summed E-state index contributed by atoms with van der Waals surface area (Å²) in [6, 6.07) is 16.4. The zero-order chi connectivity index (χ0) is 18.5. The molecule has 0 radical (unpaired) electrons. The second-order valence-corrected chi connectivity index (χ2v) is 7.02. The normalized spacial score (nSPS) is 12.7. The predicted molar refractivity (Wildman–Crippen MR) is 105 cm³/mol. The van der Waals surface area contributed by atoms with Crippen LogP contribution in [0.4, 0.5) is 0 Å². The largest absolute Gasteiger partial charge is 0.454 e. The van der Waals surface area contributed by atoms with Crippen LogP contribution in [-0.2, 0) is 0 Å². The summed E-state index contributed by atoms with van der Waals surface area (Å²) in [5.74, 6) is 2.22. The Kier molecular flexibility index (Phi) is 3.47. The van der Waals surface area contributed by atoms with E-state index in [1.807, 2.05) is 30.3 Å². The number of hydrogen-bond donors (Lipinski definition) is 0. The highest BCUT2D eigenvalue weighted by molar-refractivity contribution is 5.83. The van der Waals surface area contributed by atoms with Crippen LogP contribution in [0, 0.1) is 20.8 Å². The first-order valence-electron chi connectivity index (χ1n) is 8.97. The van der Waals surface area contributed by atoms with Crippen LogP contribution in [0.25, 0.3) is 33.7 Å². The van der Waals surface area contributed by atoms with Crippen molar-refractivity contribution in [3.63, 3.8) is 0 Å². The molecule has 134 valence electrons. The number of ether oxygens (including phenoxy) is 2. The molecule has 0 saturated heterocycles. The molecule has 3 aromatic carbocycles. The molecule has 0 N–H and O–H groups in total. The standard InChI is InChI=1S/C23H19NO3/c1-13-8-15(3)18(9-14(13)2)23-24-19-6-4-16(10-21(19)27-23)17-5-7-20-22(11-17)26-12-25-20/h4-11H,12H2,1-3H3. The van der Waals surface area contributed by atoms with Crippen molar-refractivity contribution in [2.24, 2.45) is 0 Å². The van der Waals surface area contributed by atoms with Crippen LogP contribution < -0.4 is 9.47 Å². The first kappa shape index (κ1) is 15.9.